The first-order chi connectivity index (χ1) is 15.9. The molecule has 0 unspecified atom stereocenters. The van der Waals surface area contributed by atoms with Crippen molar-refractivity contribution in [1.82, 2.24) is 14.9 Å². The van der Waals surface area contributed by atoms with Crippen molar-refractivity contribution in [3.8, 4) is 0 Å². The van der Waals surface area contributed by atoms with Crippen LogP contribution in [0.5, 0.6) is 0 Å². The lowest BCUT2D eigenvalue weighted by atomic mass is 10.0. The van der Waals surface area contributed by atoms with Crippen LogP contribution in [0.4, 0.5) is 15.9 Å². The van der Waals surface area contributed by atoms with Gasteiger partial charge < -0.3 is 9.80 Å². The van der Waals surface area contributed by atoms with Crippen molar-refractivity contribution in [3.63, 3.8) is 0 Å². The molecule has 8 nitrogen and oxygen atoms in total. The quantitative estimate of drug-likeness (QED) is 0.576. The number of aromatic nitrogens is 2. The molecule has 0 radical (unpaired) electrons. The molecule has 2 aliphatic heterocycles. The number of carbonyl (C=O) groups is 3. The Balaban J connectivity index is 1.32. The molecule has 9 heteroatoms. The highest BCUT2D eigenvalue weighted by Gasteiger charge is 2.37. The molecule has 2 aromatic carbocycles. The third-order valence-corrected chi connectivity index (χ3v) is 5.90. The van der Waals surface area contributed by atoms with Crippen LogP contribution in [0.25, 0.3) is 0 Å². The zero-order valence-corrected chi connectivity index (χ0v) is 17.9. The molecular weight excluding hydrogens is 425 g/mol. The van der Waals surface area contributed by atoms with Crippen LogP contribution >= 0.6 is 0 Å². The fraction of sp³-hybridized carbons (Fsp3) is 0.208. The Hall–Kier alpha value is -4.14. The lowest BCUT2D eigenvalue weighted by Gasteiger charge is -2.35. The van der Waals surface area contributed by atoms with E-state index in [4.69, 9.17) is 0 Å². The number of rotatable bonds is 3. The summed E-state index contributed by atoms with van der Waals surface area (Å²) in [5.41, 5.74) is 1.91. The number of amides is 3. The first-order valence-electron chi connectivity index (χ1n) is 10.5. The fourth-order valence-electron chi connectivity index (χ4n) is 4.13. The molecule has 1 fully saturated rings. The van der Waals surface area contributed by atoms with Crippen molar-refractivity contribution in [1.29, 1.82) is 0 Å². The molecule has 3 amide bonds. The molecule has 0 atom stereocenters. The van der Waals surface area contributed by atoms with E-state index < -0.39 is 17.6 Å². The number of halogens is 1. The van der Waals surface area contributed by atoms with E-state index in [1.807, 2.05) is 13.0 Å². The molecule has 1 aromatic heterocycles. The fourth-order valence-corrected chi connectivity index (χ4v) is 4.13. The lowest BCUT2D eigenvalue weighted by Crippen LogP contribution is -2.49. The largest absolute Gasteiger partial charge is 0.353 e. The molecule has 3 heterocycles. The first-order valence-corrected chi connectivity index (χ1v) is 10.5. The SMILES string of the molecule is Cc1cc(N2CCN(C(=O)c3ccc4c(c3)C(=O)N(c3ccc(F)cc3)C4=O)CC2)ncn1. The van der Waals surface area contributed by atoms with E-state index >= 15 is 0 Å². The van der Waals surface area contributed by atoms with Gasteiger partial charge in [-0.05, 0) is 49.4 Å². The zero-order valence-electron chi connectivity index (χ0n) is 17.9. The minimum atomic E-state index is -0.528. The Labute approximate surface area is 189 Å². The Morgan fingerprint density at radius 1 is 0.879 bits per heavy atom. The molecule has 2 aliphatic rings. The second kappa shape index (κ2) is 8.09. The maximum atomic E-state index is 13.2. The molecule has 0 N–H and O–H groups in total. The van der Waals surface area contributed by atoms with Gasteiger partial charge in [-0.15, -0.1) is 0 Å². The number of hydrogen-bond acceptors (Lipinski definition) is 6. The van der Waals surface area contributed by atoms with Crippen molar-refractivity contribution in [2.24, 2.45) is 0 Å². The van der Waals surface area contributed by atoms with E-state index in [1.54, 1.807) is 11.0 Å². The lowest BCUT2D eigenvalue weighted by molar-refractivity contribution is 0.0746. The third-order valence-electron chi connectivity index (χ3n) is 5.90. The topological polar surface area (TPSA) is 86.7 Å². The molecule has 0 saturated carbocycles. The van der Waals surface area contributed by atoms with Gasteiger partial charge in [-0.1, -0.05) is 0 Å². The molecule has 3 aromatic rings. The van der Waals surface area contributed by atoms with Gasteiger partial charge in [0, 0.05) is 43.5 Å². The van der Waals surface area contributed by atoms with Crippen LogP contribution in [0.15, 0.2) is 54.9 Å². The minimum Gasteiger partial charge on any atom is -0.353 e. The van der Waals surface area contributed by atoms with Crippen LogP contribution in [0.2, 0.25) is 0 Å². The first kappa shape index (κ1) is 20.7. The highest BCUT2D eigenvalue weighted by molar-refractivity contribution is 6.34. The number of fused-ring (bicyclic) bond motifs is 1. The van der Waals surface area contributed by atoms with Gasteiger partial charge in [0.15, 0.2) is 0 Å². The predicted octanol–water partition coefficient (Wildman–Crippen LogP) is 2.69. The highest BCUT2D eigenvalue weighted by Crippen LogP contribution is 2.29. The standard InChI is InChI=1S/C24H20FN5O3/c1-15-12-21(27-14-26-15)28-8-10-29(11-9-28)22(31)16-2-7-19-20(13-16)24(33)30(23(19)32)18-5-3-17(25)4-6-18/h2-7,12-14H,8-11H2,1H3. The Kier molecular flexibility index (Phi) is 5.08. The molecule has 1 saturated heterocycles. The number of benzene rings is 2. The molecule has 0 bridgehead atoms. The van der Waals surface area contributed by atoms with Crippen LogP contribution in [0, 0.1) is 12.7 Å². The van der Waals surface area contributed by atoms with Crippen molar-refractivity contribution < 1.29 is 18.8 Å². The summed E-state index contributed by atoms with van der Waals surface area (Å²) in [5, 5.41) is 0. The van der Waals surface area contributed by atoms with E-state index in [9.17, 15) is 18.8 Å². The summed E-state index contributed by atoms with van der Waals surface area (Å²) in [6.07, 6.45) is 1.53. The van der Waals surface area contributed by atoms with Gasteiger partial charge in [0.1, 0.15) is 18.0 Å². The molecule has 0 spiro atoms. The molecule has 33 heavy (non-hydrogen) atoms. The van der Waals surface area contributed by atoms with E-state index in [1.165, 1.54) is 42.7 Å². The number of anilines is 2. The van der Waals surface area contributed by atoms with E-state index in [0.29, 0.717) is 31.7 Å². The average Bonchev–Trinajstić information content (AvgIpc) is 3.09. The maximum Gasteiger partial charge on any atom is 0.266 e. The second-order valence-electron chi connectivity index (χ2n) is 7.98. The summed E-state index contributed by atoms with van der Waals surface area (Å²) < 4.78 is 13.2. The van der Waals surface area contributed by atoms with E-state index in [0.717, 1.165) is 16.4 Å². The van der Waals surface area contributed by atoms with Crippen molar-refractivity contribution >= 4 is 29.2 Å². The summed E-state index contributed by atoms with van der Waals surface area (Å²) >= 11 is 0. The van der Waals surface area contributed by atoms with Crippen LogP contribution in [-0.4, -0.2) is 58.8 Å². The van der Waals surface area contributed by atoms with Gasteiger partial charge >= 0.3 is 0 Å². The van der Waals surface area contributed by atoms with Gasteiger partial charge in [-0.2, -0.15) is 0 Å². The molecular formula is C24H20FN5O3. The maximum absolute atomic E-state index is 13.2. The van der Waals surface area contributed by atoms with Crippen molar-refractivity contribution in [3.05, 3.63) is 83.1 Å². The summed E-state index contributed by atoms with van der Waals surface area (Å²) in [6.45, 7) is 4.18. The smallest absolute Gasteiger partial charge is 0.266 e. The number of piperazine rings is 1. The normalized spacial score (nSPS) is 15.8. The van der Waals surface area contributed by atoms with Crippen LogP contribution in [0.1, 0.15) is 36.8 Å². The van der Waals surface area contributed by atoms with Gasteiger partial charge in [-0.3, -0.25) is 14.4 Å². The summed E-state index contributed by atoms with van der Waals surface area (Å²) in [4.78, 5) is 52.1. The monoisotopic (exact) mass is 445 g/mol. The van der Waals surface area contributed by atoms with Crippen molar-refractivity contribution in [2.45, 2.75) is 6.92 Å². The number of hydrogen-bond donors (Lipinski definition) is 0. The Bertz CT molecular complexity index is 1270. The average molecular weight is 445 g/mol. The Morgan fingerprint density at radius 2 is 1.58 bits per heavy atom. The number of carbonyl (C=O) groups excluding carboxylic acids is 3. The van der Waals surface area contributed by atoms with Crippen LogP contribution in [-0.2, 0) is 0 Å². The number of aryl methyl sites for hydroxylation is 1. The zero-order chi connectivity index (χ0) is 23.1. The van der Waals surface area contributed by atoms with Gasteiger partial charge in [0.05, 0.1) is 16.8 Å². The van der Waals surface area contributed by atoms with Crippen LogP contribution in [0.3, 0.4) is 0 Å². The number of nitrogens with zero attached hydrogens (tertiary/aromatic N) is 5. The summed E-state index contributed by atoms with van der Waals surface area (Å²) in [7, 11) is 0. The van der Waals surface area contributed by atoms with Gasteiger partial charge in [0.25, 0.3) is 17.7 Å². The second-order valence-corrected chi connectivity index (χ2v) is 7.98. The molecule has 5 rings (SSSR count). The van der Waals surface area contributed by atoms with Gasteiger partial charge in [0.2, 0.25) is 0 Å². The number of imide groups is 1. The predicted molar refractivity (Wildman–Crippen MR) is 119 cm³/mol. The third kappa shape index (κ3) is 3.71. The minimum absolute atomic E-state index is 0.172. The molecule has 166 valence electrons. The Morgan fingerprint density at radius 3 is 2.27 bits per heavy atom. The van der Waals surface area contributed by atoms with Gasteiger partial charge in [-0.25, -0.2) is 19.3 Å². The van der Waals surface area contributed by atoms with Crippen molar-refractivity contribution in [2.75, 3.05) is 36.0 Å². The summed E-state index contributed by atoms with van der Waals surface area (Å²) in [6, 6.07) is 11.6. The van der Waals surface area contributed by atoms with E-state index in [2.05, 4.69) is 14.9 Å². The van der Waals surface area contributed by atoms with E-state index in [-0.39, 0.29) is 22.7 Å². The summed E-state index contributed by atoms with van der Waals surface area (Å²) in [5.74, 6) is -0.846. The van der Waals surface area contributed by atoms with Crippen LogP contribution < -0.4 is 9.80 Å². The highest BCUT2D eigenvalue weighted by atomic mass is 19.1. The molecule has 0 aliphatic carbocycles.